The van der Waals surface area contributed by atoms with Crippen LogP contribution in [-0.4, -0.2) is 19.9 Å². The summed E-state index contributed by atoms with van der Waals surface area (Å²) in [7, 11) is 0. The van der Waals surface area contributed by atoms with Gasteiger partial charge in [0.15, 0.2) is 3.95 Å². The fourth-order valence-corrected chi connectivity index (χ4v) is 4.08. The van der Waals surface area contributed by atoms with Gasteiger partial charge in [0, 0.05) is 6.42 Å². The normalized spacial score (nSPS) is 11.1. The van der Waals surface area contributed by atoms with Gasteiger partial charge in [0.2, 0.25) is 11.0 Å². The van der Waals surface area contributed by atoms with Crippen LogP contribution in [0.5, 0.6) is 5.88 Å². The van der Waals surface area contributed by atoms with Gasteiger partial charge in [-0.05, 0) is 18.6 Å². The monoisotopic (exact) mass is 343 g/mol. The minimum Gasteiger partial charge on any atom is -0.494 e. The number of thiazole rings is 1. The van der Waals surface area contributed by atoms with Gasteiger partial charge in [-0.2, -0.15) is 0 Å². The molecular formula is C14H21N3OS3. The topological polar surface area (TPSA) is 50.9 Å². The van der Waals surface area contributed by atoms with E-state index in [0.717, 1.165) is 17.8 Å². The highest BCUT2D eigenvalue weighted by Gasteiger charge is 2.11. The van der Waals surface area contributed by atoms with Crippen molar-refractivity contribution in [2.45, 2.75) is 58.3 Å². The molecule has 0 bridgehead atoms. The van der Waals surface area contributed by atoms with Gasteiger partial charge in [0.1, 0.15) is 5.01 Å². The molecule has 0 unspecified atom stereocenters. The number of hydrogen-bond acceptors (Lipinski definition) is 6. The first-order chi connectivity index (χ1) is 10.2. The van der Waals surface area contributed by atoms with Gasteiger partial charge in [-0.25, -0.2) is 4.57 Å². The number of aryl methyl sites for hydroxylation is 1. The summed E-state index contributed by atoms with van der Waals surface area (Å²) < 4.78 is 2.18. The minimum absolute atomic E-state index is 0.142. The minimum atomic E-state index is 0.142. The maximum atomic E-state index is 9.76. The van der Waals surface area contributed by atoms with Crippen molar-refractivity contribution >= 4 is 34.9 Å². The van der Waals surface area contributed by atoms with Gasteiger partial charge in [0.05, 0.1) is 5.38 Å². The van der Waals surface area contributed by atoms with E-state index in [1.165, 1.54) is 61.2 Å². The molecule has 0 aromatic carbocycles. The Hall–Kier alpha value is -0.790. The molecule has 0 spiro atoms. The van der Waals surface area contributed by atoms with Gasteiger partial charge in [-0.15, -0.1) is 21.5 Å². The highest BCUT2D eigenvalue weighted by Crippen LogP contribution is 2.25. The van der Waals surface area contributed by atoms with E-state index in [1.807, 2.05) is 0 Å². The molecule has 2 heterocycles. The van der Waals surface area contributed by atoms with Crippen molar-refractivity contribution in [2.24, 2.45) is 0 Å². The van der Waals surface area contributed by atoms with E-state index < -0.39 is 0 Å². The first kappa shape index (κ1) is 16.6. The van der Waals surface area contributed by atoms with Crippen molar-refractivity contribution in [1.29, 1.82) is 0 Å². The summed E-state index contributed by atoms with van der Waals surface area (Å²) in [6.07, 6.45) is 10.0. The van der Waals surface area contributed by atoms with Crippen LogP contribution in [0.3, 0.4) is 0 Å². The van der Waals surface area contributed by atoms with Crippen LogP contribution in [0.25, 0.3) is 5.13 Å². The van der Waals surface area contributed by atoms with Crippen LogP contribution in [0.4, 0.5) is 0 Å². The Morgan fingerprint density at radius 3 is 2.52 bits per heavy atom. The lowest BCUT2D eigenvalue weighted by Gasteiger charge is -1.99. The molecule has 0 aliphatic heterocycles. The van der Waals surface area contributed by atoms with E-state index in [2.05, 4.69) is 17.1 Å². The summed E-state index contributed by atoms with van der Waals surface area (Å²) in [6.45, 7) is 2.24. The van der Waals surface area contributed by atoms with Crippen LogP contribution in [0.1, 0.15) is 56.9 Å². The highest BCUT2D eigenvalue weighted by molar-refractivity contribution is 7.73. The fraction of sp³-hybridized carbons (Fsp3) is 0.643. The van der Waals surface area contributed by atoms with Crippen molar-refractivity contribution in [1.82, 2.24) is 14.8 Å². The van der Waals surface area contributed by atoms with Crippen molar-refractivity contribution in [2.75, 3.05) is 0 Å². The summed E-state index contributed by atoms with van der Waals surface area (Å²) in [5, 5.41) is 21.4. The molecule has 2 aromatic heterocycles. The maximum absolute atomic E-state index is 9.76. The van der Waals surface area contributed by atoms with E-state index in [0.29, 0.717) is 9.09 Å². The third-order valence-electron chi connectivity index (χ3n) is 3.32. The molecule has 1 N–H and O–H groups in total. The molecule has 0 atom stereocenters. The summed E-state index contributed by atoms with van der Waals surface area (Å²) >= 11 is 8.03. The molecule has 0 saturated carbocycles. The number of aromatic nitrogens is 3. The molecule has 7 heteroatoms. The predicted molar refractivity (Wildman–Crippen MR) is 91.3 cm³/mol. The lowest BCUT2D eigenvalue weighted by molar-refractivity contribution is 0.441. The highest BCUT2D eigenvalue weighted by atomic mass is 32.1. The lowest BCUT2D eigenvalue weighted by atomic mass is 10.1. The van der Waals surface area contributed by atoms with Crippen LogP contribution >= 0.6 is 34.9 Å². The number of hydrogen-bond donors (Lipinski definition) is 1. The van der Waals surface area contributed by atoms with E-state index >= 15 is 0 Å². The average molecular weight is 344 g/mol. The molecule has 21 heavy (non-hydrogen) atoms. The molecule has 116 valence electrons. The second-order valence-corrected chi connectivity index (χ2v) is 7.59. The Labute approximate surface area is 138 Å². The first-order valence-corrected chi connectivity index (χ1v) is 9.55. The summed E-state index contributed by atoms with van der Waals surface area (Å²) in [6, 6.07) is 0. The van der Waals surface area contributed by atoms with Gasteiger partial charge in [-0.3, -0.25) is 0 Å². The van der Waals surface area contributed by atoms with Crippen LogP contribution < -0.4 is 0 Å². The molecule has 2 aromatic rings. The molecular weight excluding hydrogens is 322 g/mol. The Morgan fingerprint density at radius 1 is 1.14 bits per heavy atom. The van der Waals surface area contributed by atoms with Crippen molar-refractivity contribution in [3.63, 3.8) is 0 Å². The summed E-state index contributed by atoms with van der Waals surface area (Å²) in [5.74, 6) is 0.142. The fourth-order valence-electron chi connectivity index (χ4n) is 2.15. The summed E-state index contributed by atoms with van der Waals surface area (Å²) in [5.41, 5.74) is 0. The zero-order chi connectivity index (χ0) is 15.1. The van der Waals surface area contributed by atoms with E-state index in [-0.39, 0.29) is 5.88 Å². The zero-order valence-corrected chi connectivity index (χ0v) is 14.7. The van der Waals surface area contributed by atoms with E-state index in [4.69, 9.17) is 12.2 Å². The smallest absolute Gasteiger partial charge is 0.221 e. The second-order valence-electron chi connectivity index (χ2n) is 5.04. The van der Waals surface area contributed by atoms with Crippen LogP contribution in [0.2, 0.25) is 0 Å². The Kier molecular flexibility index (Phi) is 6.79. The maximum Gasteiger partial charge on any atom is 0.221 e. The van der Waals surface area contributed by atoms with Gasteiger partial charge >= 0.3 is 0 Å². The molecule has 0 fully saturated rings. The zero-order valence-electron chi connectivity index (χ0n) is 12.2. The van der Waals surface area contributed by atoms with Gasteiger partial charge in [-0.1, -0.05) is 56.8 Å². The first-order valence-electron chi connectivity index (χ1n) is 7.44. The van der Waals surface area contributed by atoms with Crippen LogP contribution in [0.15, 0.2) is 5.38 Å². The van der Waals surface area contributed by atoms with E-state index in [1.54, 1.807) is 9.95 Å². The molecule has 0 saturated heterocycles. The third-order valence-corrected chi connectivity index (χ3v) is 5.47. The average Bonchev–Trinajstić information content (AvgIpc) is 3.05. The van der Waals surface area contributed by atoms with Crippen molar-refractivity contribution < 1.29 is 5.11 Å². The molecule has 4 nitrogen and oxygen atoms in total. The molecule has 0 aliphatic rings. The Bertz CT molecular complexity index is 603. The van der Waals surface area contributed by atoms with Gasteiger partial charge in [0.25, 0.3) is 0 Å². The molecule has 2 rings (SSSR count). The standard InChI is InChI=1S/C14H21N3OS3/c1-2-3-4-5-6-7-8-9-11-15-16-13(21-11)17-12(18)10-20-14(17)19/h10,18H,2-9H2,1H3. The van der Waals surface area contributed by atoms with E-state index in [9.17, 15) is 5.11 Å². The Morgan fingerprint density at radius 2 is 1.86 bits per heavy atom. The lowest BCUT2D eigenvalue weighted by Crippen LogP contribution is -1.91. The van der Waals surface area contributed by atoms with Gasteiger partial charge < -0.3 is 5.11 Å². The van der Waals surface area contributed by atoms with Crippen molar-refractivity contribution in [3.8, 4) is 11.0 Å². The third kappa shape index (κ3) is 4.86. The molecule has 0 amide bonds. The van der Waals surface area contributed by atoms with Crippen LogP contribution in [-0.2, 0) is 6.42 Å². The van der Waals surface area contributed by atoms with Crippen molar-refractivity contribution in [3.05, 3.63) is 14.3 Å². The largest absolute Gasteiger partial charge is 0.494 e. The number of rotatable bonds is 9. The predicted octanol–water partition coefficient (Wildman–Crippen LogP) is 5.12. The number of nitrogens with zero attached hydrogens (tertiary/aromatic N) is 3. The second kappa shape index (κ2) is 8.60. The quantitative estimate of drug-likeness (QED) is 0.507. The summed E-state index contributed by atoms with van der Waals surface area (Å²) in [4.78, 5) is 0. The number of aromatic hydroxyl groups is 1. The molecule has 0 aliphatic carbocycles. The Balaban J connectivity index is 1.78. The van der Waals surface area contributed by atoms with Crippen LogP contribution in [0, 0.1) is 3.95 Å². The number of unbranched alkanes of at least 4 members (excludes halogenated alkanes) is 6. The molecule has 0 radical (unpaired) electrons. The SMILES string of the molecule is CCCCCCCCCc1nnc(-n2c(O)csc2=S)s1.